The average molecular weight is 203 g/mol. The number of nitrogens with zero attached hydrogens (tertiary/aromatic N) is 2. The zero-order chi connectivity index (χ0) is 11.0. The van der Waals surface area contributed by atoms with Gasteiger partial charge in [0.2, 0.25) is 0 Å². The number of fused-ring (bicyclic) bond motifs is 1. The molecule has 80 valence electrons. The van der Waals surface area contributed by atoms with E-state index in [1.165, 1.54) is 11.1 Å². The summed E-state index contributed by atoms with van der Waals surface area (Å²) in [6.45, 7) is 6.88. The Morgan fingerprint density at radius 3 is 2.80 bits per heavy atom. The molecule has 0 spiro atoms. The molecule has 0 amide bonds. The predicted molar refractivity (Wildman–Crippen MR) is 62.1 cm³/mol. The Morgan fingerprint density at radius 2 is 2.13 bits per heavy atom. The second kappa shape index (κ2) is 3.66. The van der Waals surface area contributed by atoms with Crippen LogP contribution in [0.1, 0.15) is 29.9 Å². The van der Waals surface area contributed by atoms with Crippen molar-refractivity contribution in [1.29, 1.82) is 0 Å². The topological polar surface area (TPSA) is 43.3 Å². The van der Waals surface area contributed by atoms with Crippen LogP contribution in [0.2, 0.25) is 0 Å². The van der Waals surface area contributed by atoms with E-state index in [4.69, 9.17) is 5.73 Å². The standard InChI is InChI=1S/C12H17N3/c1-8(6-13)11-4-5-12-9(2)14-10(3)15(12)7-11/h4-5,7-8H,6,13H2,1-3H3. The van der Waals surface area contributed by atoms with E-state index >= 15 is 0 Å². The van der Waals surface area contributed by atoms with E-state index in [2.05, 4.69) is 34.6 Å². The molecule has 3 nitrogen and oxygen atoms in total. The first-order chi connectivity index (χ1) is 7.13. The molecule has 1 unspecified atom stereocenters. The van der Waals surface area contributed by atoms with E-state index in [9.17, 15) is 0 Å². The van der Waals surface area contributed by atoms with Crippen molar-refractivity contribution in [1.82, 2.24) is 9.38 Å². The Hall–Kier alpha value is -1.35. The molecule has 3 heteroatoms. The van der Waals surface area contributed by atoms with Crippen LogP contribution in [0.15, 0.2) is 18.3 Å². The smallest absolute Gasteiger partial charge is 0.110 e. The zero-order valence-electron chi connectivity index (χ0n) is 9.49. The van der Waals surface area contributed by atoms with E-state index in [0.29, 0.717) is 12.5 Å². The minimum absolute atomic E-state index is 0.400. The van der Waals surface area contributed by atoms with E-state index in [1.54, 1.807) is 0 Å². The van der Waals surface area contributed by atoms with Gasteiger partial charge in [0.25, 0.3) is 0 Å². The minimum Gasteiger partial charge on any atom is -0.330 e. The molecule has 0 saturated heterocycles. The Kier molecular flexibility index (Phi) is 2.49. The van der Waals surface area contributed by atoms with Crippen molar-refractivity contribution >= 4 is 5.52 Å². The van der Waals surface area contributed by atoms with Crippen LogP contribution in [-0.4, -0.2) is 15.9 Å². The lowest BCUT2D eigenvalue weighted by atomic mass is 10.0. The van der Waals surface area contributed by atoms with Crippen molar-refractivity contribution in [2.45, 2.75) is 26.7 Å². The molecule has 2 rings (SSSR count). The highest BCUT2D eigenvalue weighted by Gasteiger charge is 2.07. The first kappa shape index (κ1) is 10.2. The van der Waals surface area contributed by atoms with Crippen LogP contribution in [0.4, 0.5) is 0 Å². The molecule has 0 radical (unpaired) electrons. The van der Waals surface area contributed by atoms with E-state index < -0.39 is 0 Å². The summed E-state index contributed by atoms with van der Waals surface area (Å²) in [5, 5.41) is 0. The van der Waals surface area contributed by atoms with Crippen LogP contribution < -0.4 is 5.73 Å². The Labute approximate surface area is 89.9 Å². The first-order valence-corrected chi connectivity index (χ1v) is 5.28. The van der Waals surface area contributed by atoms with Gasteiger partial charge in [0.05, 0.1) is 11.2 Å². The number of pyridine rings is 1. The molecule has 0 aliphatic heterocycles. The lowest BCUT2D eigenvalue weighted by Gasteiger charge is -2.09. The molecular weight excluding hydrogens is 186 g/mol. The monoisotopic (exact) mass is 203 g/mol. The second-order valence-corrected chi connectivity index (χ2v) is 4.10. The van der Waals surface area contributed by atoms with Crippen molar-refractivity contribution in [2.24, 2.45) is 5.73 Å². The van der Waals surface area contributed by atoms with Crippen molar-refractivity contribution in [3.05, 3.63) is 35.4 Å². The van der Waals surface area contributed by atoms with E-state index in [-0.39, 0.29) is 0 Å². The van der Waals surface area contributed by atoms with Gasteiger partial charge in [-0.3, -0.25) is 0 Å². The highest BCUT2D eigenvalue weighted by Crippen LogP contribution is 2.18. The summed E-state index contributed by atoms with van der Waals surface area (Å²) in [6, 6.07) is 4.26. The van der Waals surface area contributed by atoms with Gasteiger partial charge in [-0.25, -0.2) is 4.98 Å². The third-order valence-corrected chi connectivity index (χ3v) is 2.94. The largest absolute Gasteiger partial charge is 0.330 e. The molecule has 2 aromatic heterocycles. The zero-order valence-corrected chi connectivity index (χ0v) is 9.49. The van der Waals surface area contributed by atoms with Crippen molar-refractivity contribution in [3.8, 4) is 0 Å². The van der Waals surface area contributed by atoms with Gasteiger partial charge in [0.1, 0.15) is 5.82 Å². The van der Waals surface area contributed by atoms with Crippen LogP contribution in [0.5, 0.6) is 0 Å². The highest BCUT2D eigenvalue weighted by molar-refractivity contribution is 5.53. The maximum absolute atomic E-state index is 5.67. The van der Waals surface area contributed by atoms with Gasteiger partial charge in [0, 0.05) is 6.20 Å². The molecule has 0 aliphatic carbocycles. The first-order valence-electron chi connectivity index (χ1n) is 5.28. The summed E-state index contributed by atoms with van der Waals surface area (Å²) < 4.78 is 2.14. The molecule has 0 saturated carbocycles. The Balaban J connectivity index is 2.60. The molecule has 2 heterocycles. The van der Waals surface area contributed by atoms with E-state index in [1.807, 2.05) is 13.8 Å². The molecular formula is C12H17N3. The van der Waals surface area contributed by atoms with Gasteiger partial charge >= 0.3 is 0 Å². The van der Waals surface area contributed by atoms with Crippen LogP contribution in [0.3, 0.4) is 0 Å². The molecule has 2 N–H and O–H groups in total. The minimum atomic E-state index is 0.400. The third kappa shape index (κ3) is 1.63. The molecule has 0 bridgehead atoms. The number of rotatable bonds is 2. The number of aryl methyl sites for hydroxylation is 2. The van der Waals surface area contributed by atoms with Crippen LogP contribution >= 0.6 is 0 Å². The molecule has 2 aromatic rings. The number of nitrogens with two attached hydrogens (primary N) is 1. The second-order valence-electron chi connectivity index (χ2n) is 4.10. The van der Waals surface area contributed by atoms with Gasteiger partial charge in [-0.05, 0) is 37.9 Å². The summed E-state index contributed by atoms with van der Waals surface area (Å²) in [5.74, 6) is 1.44. The van der Waals surface area contributed by atoms with Crippen LogP contribution in [0.25, 0.3) is 5.52 Å². The summed E-state index contributed by atoms with van der Waals surface area (Å²) >= 11 is 0. The quantitative estimate of drug-likeness (QED) is 0.811. The van der Waals surface area contributed by atoms with Crippen molar-refractivity contribution in [2.75, 3.05) is 6.54 Å². The lowest BCUT2D eigenvalue weighted by Crippen LogP contribution is -2.09. The van der Waals surface area contributed by atoms with Gasteiger partial charge in [-0.1, -0.05) is 13.0 Å². The maximum Gasteiger partial charge on any atom is 0.110 e. The molecule has 0 aliphatic rings. The summed E-state index contributed by atoms with van der Waals surface area (Å²) in [7, 11) is 0. The number of hydrogen-bond acceptors (Lipinski definition) is 2. The fourth-order valence-electron chi connectivity index (χ4n) is 1.86. The lowest BCUT2D eigenvalue weighted by molar-refractivity contribution is 0.766. The average Bonchev–Trinajstić information content (AvgIpc) is 2.53. The normalized spacial score (nSPS) is 13.3. The van der Waals surface area contributed by atoms with Crippen molar-refractivity contribution < 1.29 is 0 Å². The molecule has 15 heavy (non-hydrogen) atoms. The van der Waals surface area contributed by atoms with Gasteiger partial charge in [0.15, 0.2) is 0 Å². The number of imidazole rings is 1. The SMILES string of the molecule is Cc1nc(C)n2cc(C(C)CN)ccc12. The van der Waals surface area contributed by atoms with E-state index in [0.717, 1.165) is 11.5 Å². The number of hydrogen-bond donors (Lipinski definition) is 1. The van der Waals surface area contributed by atoms with Gasteiger partial charge < -0.3 is 10.1 Å². The third-order valence-electron chi connectivity index (χ3n) is 2.94. The summed E-state index contributed by atoms with van der Waals surface area (Å²) in [5.41, 5.74) is 9.20. The Morgan fingerprint density at radius 1 is 1.40 bits per heavy atom. The molecule has 0 aromatic carbocycles. The Bertz CT molecular complexity index is 485. The predicted octanol–water partition coefficient (Wildman–Crippen LogP) is 2.01. The molecule has 1 atom stereocenters. The van der Waals surface area contributed by atoms with Gasteiger partial charge in [-0.2, -0.15) is 0 Å². The molecule has 0 fully saturated rings. The highest BCUT2D eigenvalue weighted by atomic mass is 15.0. The summed E-state index contributed by atoms with van der Waals surface area (Å²) in [6.07, 6.45) is 2.14. The van der Waals surface area contributed by atoms with Crippen LogP contribution in [0, 0.1) is 13.8 Å². The summed E-state index contributed by atoms with van der Waals surface area (Å²) in [4.78, 5) is 4.45. The van der Waals surface area contributed by atoms with Gasteiger partial charge in [-0.15, -0.1) is 0 Å². The fraction of sp³-hybridized carbons (Fsp3) is 0.417. The maximum atomic E-state index is 5.67. The van der Waals surface area contributed by atoms with Crippen LogP contribution in [-0.2, 0) is 0 Å². The van der Waals surface area contributed by atoms with Crippen molar-refractivity contribution in [3.63, 3.8) is 0 Å². The number of aromatic nitrogens is 2. The fourth-order valence-corrected chi connectivity index (χ4v) is 1.86.